The van der Waals surface area contributed by atoms with Crippen molar-refractivity contribution >= 4 is 23.0 Å². The number of aryl methyl sites for hydroxylation is 1. The molecule has 1 aliphatic heterocycles. The van der Waals surface area contributed by atoms with Gasteiger partial charge in [-0.3, -0.25) is 9.36 Å². The van der Waals surface area contributed by atoms with Gasteiger partial charge in [-0.1, -0.05) is 11.6 Å². The third-order valence-electron chi connectivity index (χ3n) is 5.51. The van der Waals surface area contributed by atoms with Crippen LogP contribution in [0.3, 0.4) is 0 Å². The van der Waals surface area contributed by atoms with E-state index in [2.05, 4.69) is 4.90 Å². The van der Waals surface area contributed by atoms with Crippen molar-refractivity contribution in [3.63, 3.8) is 0 Å². The number of hydrogen-bond acceptors (Lipinski definition) is 6. The van der Waals surface area contributed by atoms with Crippen LogP contribution in [0.2, 0.25) is 5.02 Å². The SMILES string of the molecule is COC[C@@H]1C[C@@H](OC)CN1c1c(C)nc(-c2ccc(N(C)C)cc2Cl)n(C)c1=O. The average Bonchev–Trinajstić information content (AvgIpc) is 3.08. The van der Waals surface area contributed by atoms with E-state index >= 15 is 0 Å². The summed E-state index contributed by atoms with van der Waals surface area (Å²) in [6, 6.07) is 5.83. The molecule has 8 heteroatoms. The number of nitrogens with zero attached hydrogens (tertiary/aromatic N) is 4. The minimum Gasteiger partial charge on any atom is -0.383 e. The van der Waals surface area contributed by atoms with Crippen LogP contribution in [0, 0.1) is 6.92 Å². The van der Waals surface area contributed by atoms with Crippen LogP contribution in [-0.2, 0) is 16.5 Å². The summed E-state index contributed by atoms with van der Waals surface area (Å²) in [5, 5.41) is 0.559. The Balaban J connectivity index is 2.07. The van der Waals surface area contributed by atoms with Gasteiger partial charge in [0, 0.05) is 53.2 Å². The van der Waals surface area contributed by atoms with E-state index in [1.807, 2.05) is 44.1 Å². The molecule has 1 saturated heterocycles. The molecule has 0 amide bonds. The number of benzene rings is 1. The van der Waals surface area contributed by atoms with Gasteiger partial charge in [0.05, 0.1) is 29.5 Å². The number of methoxy groups -OCH3 is 2. The van der Waals surface area contributed by atoms with Gasteiger partial charge in [0.1, 0.15) is 11.5 Å². The van der Waals surface area contributed by atoms with E-state index in [4.69, 9.17) is 26.1 Å². The van der Waals surface area contributed by atoms with E-state index in [0.29, 0.717) is 35.4 Å². The monoisotopic (exact) mass is 420 g/mol. The molecule has 7 nitrogen and oxygen atoms in total. The molecule has 158 valence electrons. The van der Waals surface area contributed by atoms with Gasteiger partial charge in [-0.05, 0) is 31.5 Å². The van der Waals surface area contributed by atoms with Crippen LogP contribution in [0.5, 0.6) is 0 Å². The highest BCUT2D eigenvalue weighted by Crippen LogP contribution is 2.32. The van der Waals surface area contributed by atoms with Crippen molar-refractivity contribution in [2.24, 2.45) is 7.05 Å². The largest absolute Gasteiger partial charge is 0.383 e. The van der Waals surface area contributed by atoms with Gasteiger partial charge >= 0.3 is 0 Å². The average molecular weight is 421 g/mol. The summed E-state index contributed by atoms with van der Waals surface area (Å²) in [5.41, 5.74) is 2.89. The van der Waals surface area contributed by atoms with E-state index in [9.17, 15) is 4.79 Å². The van der Waals surface area contributed by atoms with Gasteiger partial charge in [-0.25, -0.2) is 4.98 Å². The number of ether oxygens (including phenoxy) is 2. The molecule has 0 unspecified atom stereocenters. The fraction of sp³-hybridized carbons (Fsp3) is 0.524. The maximum atomic E-state index is 13.4. The van der Waals surface area contributed by atoms with Crippen molar-refractivity contribution < 1.29 is 9.47 Å². The lowest BCUT2D eigenvalue weighted by atomic mass is 10.1. The van der Waals surface area contributed by atoms with E-state index in [1.54, 1.807) is 25.8 Å². The molecule has 2 heterocycles. The zero-order chi connectivity index (χ0) is 21.3. The van der Waals surface area contributed by atoms with Crippen LogP contribution in [0.25, 0.3) is 11.4 Å². The fourth-order valence-corrected chi connectivity index (χ4v) is 4.16. The van der Waals surface area contributed by atoms with Crippen LogP contribution >= 0.6 is 11.6 Å². The lowest BCUT2D eigenvalue weighted by molar-refractivity contribution is 0.111. The highest BCUT2D eigenvalue weighted by Gasteiger charge is 2.35. The first kappa shape index (κ1) is 21.6. The first-order valence-electron chi connectivity index (χ1n) is 9.61. The molecule has 1 fully saturated rings. The molecule has 1 aromatic heterocycles. The van der Waals surface area contributed by atoms with Crippen LogP contribution < -0.4 is 15.4 Å². The molecule has 2 atom stereocenters. The standard InChI is InChI=1S/C21H29ClN4O3/c1-13-19(26-11-16(29-6)9-15(26)12-28-5)21(27)25(4)20(23-13)17-8-7-14(24(2)3)10-18(17)22/h7-8,10,15-16H,9,11-12H2,1-6H3/t15-,16+/m0/s1. The minimum atomic E-state index is -0.0990. The zero-order valence-electron chi connectivity index (χ0n) is 17.9. The molecule has 29 heavy (non-hydrogen) atoms. The number of aromatic nitrogens is 2. The Bertz CT molecular complexity index is 944. The molecule has 0 radical (unpaired) electrons. The van der Waals surface area contributed by atoms with Gasteiger partial charge in [-0.15, -0.1) is 0 Å². The molecule has 0 N–H and O–H groups in total. The molecular formula is C21H29ClN4O3. The van der Waals surface area contributed by atoms with Crippen LogP contribution in [-0.4, -0.2) is 63.2 Å². The highest BCUT2D eigenvalue weighted by atomic mass is 35.5. The molecule has 0 spiro atoms. The Morgan fingerprint density at radius 3 is 2.62 bits per heavy atom. The number of rotatable bonds is 6. The van der Waals surface area contributed by atoms with E-state index < -0.39 is 0 Å². The Hall–Kier alpha value is -2.09. The molecular weight excluding hydrogens is 392 g/mol. The topological polar surface area (TPSA) is 59.8 Å². The second kappa shape index (κ2) is 8.73. The number of hydrogen-bond donors (Lipinski definition) is 0. The third-order valence-corrected chi connectivity index (χ3v) is 5.82. The Morgan fingerprint density at radius 2 is 2.03 bits per heavy atom. The number of anilines is 2. The van der Waals surface area contributed by atoms with Gasteiger partial charge in [0.25, 0.3) is 5.56 Å². The molecule has 0 bridgehead atoms. The van der Waals surface area contributed by atoms with Crippen molar-refractivity contribution in [3.8, 4) is 11.4 Å². The normalized spacial score (nSPS) is 19.1. The molecule has 1 aliphatic rings. The third kappa shape index (κ3) is 4.13. The highest BCUT2D eigenvalue weighted by molar-refractivity contribution is 6.33. The van der Waals surface area contributed by atoms with Gasteiger partial charge in [0.2, 0.25) is 0 Å². The number of halogens is 1. The Labute approximate surface area is 176 Å². The summed E-state index contributed by atoms with van der Waals surface area (Å²) < 4.78 is 12.5. The van der Waals surface area contributed by atoms with Crippen molar-refractivity contribution in [2.45, 2.75) is 25.5 Å². The molecule has 2 aromatic rings. The quantitative estimate of drug-likeness (QED) is 0.716. The van der Waals surface area contributed by atoms with Gasteiger partial charge in [-0.2, -0.15) is 0 Å². The lowest BCUT2D eigenvalue weighted by Gasteiger charge is -2.27. The lowest BCUT2D eigenvalue weighted by Crippen LogP contribution is -2.39. The summed E-state index contributed by atoms with van der Waals surface area (Å²) in [4.78, 5) is 22.2. The minimum absolute atomic E-state index is 0.0620. The maximum absolute atomic E-state index is 13.4. The predicted octanol–water partition coefficient (Wildman–Crippen LogP) is 2.72. The summed E-state index contributed by atoms with van der Waals surface area (Å²) in [6.07, 6.45) is 0.874. The zero-order valence-corrected chi connectivity index (χ0v) is 18.7. The van der Waals surface area contributed by atoms with Crippen molar-refractivity contribution in [3.05, 3.63) is 39.3 Å². The first-order chi connectivity index (χ1) is 13.8. The van der Waals surface area contributed by atoms with Crippen molar-refractivity contribution in [2.75, 3.05) is 51.3 Å². The summed E-state index contributed by atoms with van der Waals surface area (Å²) in [6.45, 7) is 3.04. The van der Waals surface area contributed by atoms with E-state index in [-0.39, 0.29) is 17.7 Å². The molecule has 3 rings (SSSR count). The Kier molecular flexibility index (Phi) is 6.51. The predicted molar refractivity (Wildman–Crippen MR) is 117 cm³/mol. The fourth-order valence-electron chi connectivity index (χ4n) is 3.90. The van der Waals surface area contributed by atoms with Crippen LogP contribution in [0.4, 0.5) is 11.4 Å². The molecule has 1 aromatic carbocycles. The first-order valence-corrected chi connectivity index (χ1v) is 9.99. The smallest absolute Gasteiger partial charge is 0.277 e. The van der Waals surface area contributed by atoms with Gasteiger partial charge < -0.3 is 19.3 Å². The van der Waals surface area contributed by atoms with Crippen LogP contribution in [0.1, 0.15) is 12.1 Å². The second-order valence-corrected chi connectivity index (χ2v) is 8.05. The summed E-state index contributed by atoms with van der Waals surface area (Å²) in [5.74, 6) is 0.553. The van der Waals surface area contributed by atoms with E-state index in [1.165, 1.54) is 0 Å². The van der Waals surface area contributed by atoms with Crippen LogP contribution in [0.15, 0.2) is 23.0 Å². The molecule has 0 aliphatic carbocycles. The van der Waals surface area contributed by atoms with Crippen molar-refractivity contribution in [1.29, 1.82) is 0 Å². The summed E-state index contributed by atoms with van der Waals surface area (Å²) in [7, 11) is 9.02. The van der Waals surface area contributed by atoms with E-state index in [0.717, 1.165) is 17.7 Å². The molecule has 0 saturated carbocycles. The second-order valence-electron chi connectivity index (χ2n) is 7.65. The maximum Gasteiger partial charge on any atom is 0.277 e. The summed E-state index contributed by atoms with van der Waals surface area (Å²) >= 11 is 6.53. The van der Waals surface area contributed by atoms with Gasteiger partial charge in [0.15, 0.2) is 0 Å². The Morgan fingerprint density at radius 1 is 1.31 bits per heavy atom. The van der Waals surface area contributed by atoms with Crippen molar-refractivity contribution in [1.82, 2.24) is 9.55 Å².